The molecule has 1 aromatic carbocycles. The van der Waals surface area contributed by atoms with Crippen LogP contribution >= 0.6 is 0 Å². The van der Waals surface area contributed by atoms with Crippen LogP contribution in [0, 0.1) is 0 Å². The second kappa shape index (κ2) is 6.77. The molecule has 0 spiro atoms. The summed E-state index contributed by atoms with van der Waals surface area (Å²) in [6, 6.07) is 10.0. The van der Waals surface area contributed by atoms with Crippen LogP contribution in [0.15, 0.2) is 30.3 Å². The van der Waals surface area contributed by atoms with Gasteiger partial charge in [-0.1, -0.05) is 6.07 Å². The normalized spacial score (nSPS) is 18.4. The lowest BCUT2D eigenvalue weighted by molar-refractivity contribution is 0.0844. The van der Waals surface area contributed by atoms with Crippen LogP contribution in [-0.4, -0.2) is 30.3 Å². The van der Waals surface area contributed by atoms with Crippen molar-refractivity contribution in [1.29, 1.82) is 0 Å². The third-order valence-electron chi connectivity index (χ3n) is 4.69. The van der Waals surface area contributed by atoms with Crippen molar-refractivity contribution in [2.24, 2.45) is 0 Å². The van der Waals surface area contributed by atoms with Gasteiger partial charge in [-0.3, -0.25) is 0 Å². The maximum atomic E-state index is 5.49. The molecule has 24 heavy (non-hydrogen) atoms. The van der Waals surface area contributed by atoms with Crippen molar-refractivity contribution >= 4 is 11.5 Å². The number of hydrogen-bond donors (Lipinski definition) is 1. The number of ether oxygens (including phenoxy) is 2. The fourth-order valence-electron chi connectivity index (χ4n) is 3.12. The molecule has 5 heteroatoms. The van der Waals surface area contributed by atoms with E-state index in [4.69, 9.17) is 19.4 Å². The molecule has 1 saturated heterocycles. The summed E-state index contributed by atoms with van der Waals surface area (Å²) in [6.45, 7) is 1.65. The molecule has 1 aromatic heterocycles. The van der Waals surface area contributed by atoms with E-state index >= 15 is 0 Å². The van der Waals surface area contributed by atoms with Crippen LogP contribution in [0.5, 0.6) is 5.75 Å². The molecule has 0 unspecified atom stereocenters. The zero-order chi connectivity index (χ0) is 16.4. The lowest BCUT2D eigenvalue weighted by atomic mass is 9.96. The Morgan fingerprint density at radius 1 is 1.04 bits per heavy atom. The predicted molar refractivity (Wildman–Crippen MR) is 93.1 cm³/mol. The molecule has 2 aliphatic rings. The van der Waals surface area contributed by atoms with Crippen molar-refractivity contribution in [1.82, 2.24) is 9.97 Å². The Labute approximate surface area is 142 Å². The SMILES string of the molecule is COc1cccc(Nc2cc(C3CCOCC3)nc(C3CC3)n2)c1. The van der Waals surface area contributed by atoms with Crippen molar-refractivity contribution in [3.8, 4) is 5.75 Å². The van der Waals surface area contributed by atoms with Gasteiger partial charge in [0.15, 0.2) is 0 Å². The number of benzene rings is 1. The molecular formula is C19H23N3O2. The van der Waals surface area contributed by atoms with Crippen molar-refractivity contribution in [3.63, 3.8) is 0 Å². The average molecular weight is 325 g/mol. The lowest BCUT2D eigenvalue weighted by Gasteiger charge is -2.22. The smallest absolute Gasteiger partial charge is 0.134 e. The third kappa shape index (κ3) is 3.51. The van der Waals surface area contributed by atoms with Gasteiger partial charge in [0, 0.05) is 48.6 Å². The van der Waals surface area contributed by atoms with E-state index in [0.717, 1.165) is 54.8 Å². The minimum Gasteiger partial charge on any atom is -0.497 e. The maximum Gasteiger partial charge on any atom is 0.134 e. The van der Waals surface area contributed by atoms with Gasteiger partial charge in [-0.15, -0.1) is 0 Å². The second-order valence-corrected chi connectivity index (χ2v) is 6.55. The van der Waals surface area contributed by atoms with Gasteiger partial charge in [0.25, 0.3) is 0 Å². The maximum absolute atomic E-state index is 5.49. The summed E-state index contributed by atoms with van der Waals surface area (Å²) in [7, 11) is 1.68. The molecule has 0 radical (unpaired) electrons. The van der Waals surface area contributed by atoms with Gasteiger partial charge in [0.05, 0.1) is 7.11 Å². The first-order chi connectivity index (χ1) is 11.8. The first-order valence-corrected chi connectivity index (χ1v) is 8.69. The Balaban J connectivity index is 1.62. The fraction of sp³-hybridized carbons (Fsp3) is 0.474. The molecule has 2 fully saturated rings. The summed E-state index contributed by atoms with van der Waals surface area (Å²) >= 11 is 0. The zero-order valence-electron chi connectivity index (χ0n) is 14.0. The first-order valence-electron chi connectivity index (χ1n) is 8.69. The van der Waals surface area contributed by atoms with E-state index in [-0.39, 0.29) is 0 Å². The topological polar surface area (TPSA) is 56.3 Å². The van der Waals surface area contributed by atoms with Crippen molar-refractivity contribution < 1.29 is 9.47 Å². The number of hydrogen-bond acceptors (Lipinski definition) is 5. The average Bonchev–Trinajstić information content (AvgIpc) is 3.47. The van der Waals surface area contributed by atoms with Crippen LogP contribution in [0.4, 0.5) is 11.5 Å². The first kappa shape index (κ1) is 15.4. The molecule has 2 aromatic rings. The van der Waals surface area contributed by atoms with Gasteiger partial charge in [-0.25, -0.2) is 9.97 Å². The van der Waals surface area contributed by atoms with Crippen LogP contribution < -0.4 is 10.1 Å². The second-order valence-electron chi connectivity index (χ2n) is 6.55. The summed E-state index contributed by atoms with van der Waals surface area (Å²) in [5.74, 6) is 3.72. The standard InChI is InChI=1S/C19H23N3O2/c1-23-16-4-2-3-15(11-16)20-18-12-17(13-7-9-24-10-8-13)21-19(22-18)14-5-6-14/h2-4,11-14H,5-10H2,1H3,(H,20,21,22). The molecule has 1 N–H and O–H groups in total. The Hall–Kier alpha value is -2.14. The summed E-state index contributed by atoms with van der Waals surface area (Å²) in [5, 5.41) is 3.42. The monoisotopic (exact) mass is 325 g/mol. The van der Waals surface area contributed by atoms with E-state index in [9.17, 15) is 0 Å². The van der Waals surface area contributed by atoms with E-state index < -0.39 is 0 Å². The number of nitrogens with one attached hydrogen (secondary N) is 1. The highest BCUT2D eigenvalue weighted by Crippen LogP contribution is 2.39. The minimum atomic E-state index is 0.477. The molecule has 1 aliphatic carbocycles. The highest BCUT2D eigenvalue weighted by atomic mass is 16.5. The fourth-order valence-corrected chi connectivity index (χ4v) is 3.12. The Morgan fingerprint density at radius 2 is 1.88 bits per heavy atom. The van der Waals surface area contributed by atoms with Crippen molar-refractivity contribution in [2.45, 2.75) is 37.5 Å². The highest BCUT2D eigenvalue weighted by molar-refractivity contribution is 5.58. The Morgan fingerprint density at radius 3 is 2.62 bits per heavy atom. The van der Waals surface area contributed by atoms with Gasteiger partial charge in [0.1, 0.15) is 17.4 Å². The minimum absolute atomic E-state index is 0.477. The van der Waals surface area contributed by atoms with E-state index in [2.05, 4.69) is 11.4 Å². The summed E-state index contributed by atoms with van der Waals surface area (Å²) in [5.41, 5.74) is 2.13. The molecule has 4 rings (SSSR count). The lowest BCUT2D eigenvalue weighted by Crippen LogP contribution is -2.16. The zero-order valence-corrected chi connectivity index (χ0v) is 14.0. The third-order valence-corrected chi connectivity index (χ3v) is 4.69. The molecule has 2 heterocycles. The van der Waals surface area contributed by atoms with E-state index in [0.29, 0.717) is 11.8 Å². The van der Waals surface area contributed by atoms with E-state index in [1.54, 1.807) is 7.11 Å². The Bertz CT molecular complexity index is 710. The number of anilines is 2. The molecule has 5 nitrogen and oxygen atoms in total. The molecule has 126 valence electrons. The van der Waals surface area contributed by atoms with Crippen molar-refractivity contribution in [3.05, 3.63) is 41.9 Å². The van der Waals surface area contributed by atoms with Crippen LogP contribution in [0.25, 0.3) is 0 Å². The largest absolute Gasteiger partial charge is 0.497 e. The number of aromatic nitrogens is 2. The number of methoxy groups -OCH3 is 1. The van der Waals surface area contributed by atoms with Crippen LogP contribution in [-0.2, 0) is 4.74 Å². The van der Waals surface area contributed by atoms with Gasteiger partial charge >= 0.3 is 0 Å². The molecule has 0 atom stereocenters. The van der Waals surface area contributed by atoms with Crippen LogP contribution in [0.2, 0.25) is 0 Å². The van der Waals surface area contributed by atoms with Gasteiger partial charge < -0.3 is 14.8 Å². The number of nitrogens with zero attached hydrogens (tertiary/aromatic N) is 2. The molecule has 1 aliphatic heterocycles. The van der Waals surface area contributed by atoms with Crippen molar-refractivity contribution in [2.75, 3.05) is 25.6 Å². The van der Waals surface area contributed by atoms with Gasteiger partial charge in [-0.2, -0.15) is 0 Å². The molecule has 0 amide bonds. The van der Waals surface area contributed by atoms with Gasteiger partial charge in [-0.05, 0) is 37.8 Å². The number of rotatable bonds is 5. The van der Waals surface area contributed by atoms with Crippen LogP contribution in [0.3, 0.4) is 0 Å². The van der Waals surface area contributed by atoms with E-state index in [1.165, 1.54) is 12.8 Å². The van der Waals surface area contributed by atoms with Gasteiger partial charge in [0.2, 0.25) is 0 Å². The Kier molecular flexibility index (Phi) is 4.34. The summed E-state index contributed by atoms with van der Waals surface area (Å²) in [6.07, 6.45) is 4.49. The summed E-state index contributed by atoms with van der Waals surface area (Å²) < 4.78 is 10.8. The quantitative estimate of drug-likeness (QED) is 0.900. The molecule has 1 saturated carbocycles. The summed E-state index contributed by atoms with van der Waals surface area (Å²) in [4.78, 5) is 9.61. The molecule has 0 bridgehead atoms. The van der Waals surface area contributed by atoms with E-state index in [1.807, 2.05) is 24.3 Å². The molecular weight excluding hydrogens is 302 g/mol. The predicted octanol–water partition coefficient (Wildman–Crippen LogP) is 4.00. The van der Waals surface area contributed by atoms with Crippen LogP contribution in [0.1, 0.15) is 49.0 Å². The highest BCUT2D eigenvalue weighted by Gasteiger charge is 2.28.